The van der Waals surface area contributed by atoms with Gasteiger partial charge in [0.25, 0.3) is 0 Å². The summed E-state index contributed by atoms with van der Waals surface area (Å²) in [6.45, 7) is 3.49. The van der Waals surface area contributed by atoms with E-state index in [-0.39, 0.29) is 0 Å². The standard InChI is InChI=1S/C9H11NO/c1-2-9(11)6-8-4-3-5-10-7-8/h2-5,7,9,11H,1,6H2. The fourth-order valence-electron chi connectivity index (χ4n) is 0.844. The number of hydrogen-bond acceptors (Lipinski definition) is 2. The summed E-state index contributed by atoms with van der Waals surface area (Å²) in [6, 6.07) is 3.78. The zero-order valence-electron chi connectivity index (χ0n) is 6.27. The maximum atomic E-state index is 9.17. The number of aliphatic hydroxyl groups is 1. The third-order valence-electron chi connectivity index (χ3n) is 1.44. The number of hydrogen-bond donors (Lipinski definition) is 1. The molecule has 1 N–H and O–H groups in total. The molecule has 0 amide bonds. The second-order valence-electron chi connectivity index (χ2n) is 2.37. The van der Waals surface area contributed by atoms with Crippen molar-refractivity contribution < 1.29 is 5.11 Å². The number of rotatable bonds is 3. The molecule has 58 valence electrons. The molecule has 0 aliphatic heterocycles. The van der Waals surface area contributed by atoms with E-state index in [1.54, 1.807) is 12.4 Å². The van der Waals surface area contributed by atoms with Crippen molar-refractivity contribution in [3.8, 4) is 0 Å². The molecule has 2 heteroatoms. The summed E-state index contributed by atoms with van der Waals surface area (Å²) in [5, 5.41) is 9.17. The molecule has 1 atom stereocenters. The van der Waals surface area contributed by atoms with Crippen LogP contribution in [0, 0.1) is 0 Å². The summed E-state index contributed by atoms with van der Waals surface area (Å²) in [7, 11) is 0. The monoisotopic (exact) mass is 149 g/mol. The largest absolute Gasteiger partial charge is 0.389 e. The third-order valence-corrected chi connectivity index (χ3v) is 1.44. The molecule has 0 aliphatic carbocycles. The first-order valence-electron chi connectivity index (χ1n) is 3.52. The molecule has 0 aromatic carbocycles. The minimum absolute atomic E-state index is 0.459. The van der Waals surface area contributed by atoms with E-state index in [0.29, 0.717) is 6.42 Å². The minimum atomic E-state index is -0.459. The van der Waals surface area contributed by atoms with Crippen molar-refractivity contribution in [1.29, 1.82) is 0 Å². The molecule has 0 fully saturated rings. The van der Waals surface area contributed by atoms with Gasteiger partial charge in [-0.1, -0.05) is 12.1 Å². The zero-order valence-corrected chi connectivity index (χ0v) is 6.27. The topological polar surface area (TPSA) is 33.1 Å². The van der Waals surface area contributed by atoms with Gasteiger partial charge in [-0.2, -0.15) is 0 Å². The van der Waals surface area contributed by atoms with Gasteiger partial charge in [0.05, 0.1) is 6.10 Å². The number of aliphatic hydroxyl groups excluding tert-OH is 1. The summed E-state index contributed by atoms with van der Waals surface area (Å²) < 4.78 is 0. The highest BCUT2D eigenvalue weighted by Gasteiger charge is 1.98. The van der Waals surface area contributed by atoms with Gasteiger partial charge in [0, 0.05) is 18.8 Å². The molecule has 11 heavy (non-hydrogen) atoms. The first-order valence-corrected chi connectivity index (χ1v) is 3.52. The zero-order chi connectivity index (χ0) is 8.10. The van der Waals surface area contributed by atoms with Crippen LogP contribution in [-0.4, -0.2) is 16.2 Å². The van der Waals surface area contributed by atoms with Crippen molar-refractivity contribution in [2.24, 2.45) is 0 Å². The van der Waals surface area contributed by atoms with Crippen LogP contribution in [0.1, 0.15) is 5.56 Å². The van der Waals surface area contributed by atoms with Gasteiger partial charge in [-0.25, -0.2) is 0 Å². The smallest absolute Gasteiger partial charge is 0.0759 e. The molecule has 0 saturated carbocycles. The van der Waals surface area contributed by atoms with Crippen LogP contribution in [-0.2, 0) is 6.42 Å². The van der Waals surface area contributed by atoms with Crippen molar-refractivity contribution in [3.63, 3.8) is 0 Å². The van der Waals surface area contributed by atoms with Crippen molar-refractivity contribution in [1.82, 2.24) is 4.98 Å². The van der Waals surface area contributed by atoms with Crippen molar-refractivity contribution in [2.75, 3.05) is 0 Å². The molecule has 1 unspecified atom stereocenters. The average Bonchev–Trinajstić information content (AvgIpc) is 2.06. The van der Waals surface area contributed by atoms with Gasteiger partial charge < -0.3 is 5.11 Å². The van der Waals surface area contributed by atoms with Gasteiger partial charge in [-0.05, 0) is 11.6 Å². The molecule has 0 spiro atoms. The summed E-state index contributed by atoms with van der Waals surface area (Å²) in [5.41, 5.74) is 1.03. The molecule has 0 bridgehead atoms. The average molecular weight is 149 g/mol. The van der Waals surface area contributed by atoms with Crippen molar-refractivity contribution in [2.45, 2.75) is 12.5 Å². The molecule has 1 aromatic heterocycles. The normalized spacial score (nSPS) is 12.5. The van der Waals surface area contributed by atoms with Crippen LogP contribution in [0.4, 0.5) is 0 Å². The lowest BCUT2D eigenvalue weighted by Gasteiger charge is -2.02. The van der Waals surface area contributed by atoms with Crippen LogP contribution in [0.2, 0.25) is 0 Å². The highest BCUT2D eigenvalue weighted by atomic mass is 16.3. The fourth-order valence-corrected chi connectivity index (χ4v) is 0.844. The molecule has 0 aliphatic rings. The van der Waals surface area contributed by atoms with E-state index in [2.05, 4.69) is 11.6 Å². The molecule has 1 heterocycles. The Morgan fingerprint density at radius 2 is 2.55 bits per heavy atom. The SMILES string of the molecule is C=CC(O)Cc1cccnc1. The van der Waals surface area contributed by atoms with E-state index in [4.69, 9.17) is 5.11 Å². The van der Waals surface area contributed by atoms with E-state index in [1.165, 1.54) is 6.08 Å². The molecular weight excluding hydrogens is 138 g/mol. The predicted molar refractivity (Wildman–Crippen MR) is 44.1 cm³/mol. The van der Waals surface area contributed by atoms with Crippen molar-refractivity contribution in [3.05, 3.63) is 42.7 Å². The Morgan fingerprint density at radius 1 is 1.73 bits per heavy atom. The molecule has 2 nitrogen and oxygen atoms in total. The van der Waals surface area contributed by atoms with Gasteiger partial charge in [-0.3, -0.25) is 4.98 Å². The number of aromatic nitrogens is 1. The van der Waals surface area contributed by atoms with Crippen LogP contribution in [0.5, 0.6) is 0 Å². The first kappa shape index (κ1) is 7.95. The Bertz CT molecular complexity index is 220. The Kier molecular flexibility index (Phi) is 2.81. The van der Waals surface area contributed by atoms with Gasteiger partial charge in [-0.15, -0.1) is 6.58 Å². The number of nitrogens with zero attached hydrogens (tertiary/aromatic N) is 1. The van der Waals surface area contributed by atoms with Gasteiger partial charge in [0.2, 0.25) is 0 Å². The summed E-state index contributed by atoms with van der Waals surface area (Å²) >= 11 is 0. The first-order chi connectivity index (χ1) is 5.33. The predicted octanol–water partition coefficient (Wildman–Crippen LogP) is 1.17. The lowest BCUT2D eigenvalue weighted by atomic mass is 10.1. The van der Waals surface area contributed by atoms with E-state index in [0.717, 1.165) is 5.56 Å². The quantitative estimate of drug-likeness (QED) is 0.654. The molecule has 1 aromatic rings. The highest BCUT2D eigenvalue weighted by Crippen LogP contribution is 2.00. The third kappa shape index (κ3) is 2.51. The summed E-state index contributed by atoms with van der Waals surface area (Å²) in [4.78, 5) is 3.93. The molecule has 1 rings (SSSR count). The van der Waals surface area contributed by atoms with Crippen LogP contribution in [0.15, 0.2) is 37.2 Å². The lowest BCUT2D eigenvalue weighted by Crippen LogP contribution is -2.05. The maximum absolute atomic E-state index is 9.17. The van der Waals surface area contributed by atoms with Crippen molar-refractivity contribution >= 4 is 0 Å². The van der Waals surface area contributed by atoms with Gasteiger partial charge in [0.1, 0.15) is 0 Å². The Hall–Kier alpha value is -1.15. The second-order valence-corrected chi connectivity index (χ2v) is 2.37. The molecular formula is C9H11NO. The highest BCUT2D eigenvalue weighted by molar-refractivity contribution is 5.10. The van der Waals surface area contributed by atoms with E-state index < -0.39 is 6.10 Å². The molecule has 0 saturated heterocycles. The number of pyridine rings is 1. The van der Waals surface area contributed by atoms with Gasteiger partial charge in [0.15, 0.2) is 0 Å². The minimum Gasteiger partial charge on any atom is -0.389 e. The van der Waals surface area contributed by atoms with Crippen LogP contribution >= 0.6 is 0 Å². The van der Waals surface area contributed by atoms with E-state index >= 15 is 0 Å². The van der Waals surface area contributed by atoms with Gasteiger partial charge >= 0.3 is 0 Å². The Labute approximate surface area is 66.2 Å². The van der Waals surface area contributed by atoms with Crippen LogP contribution < -0.4 is 0 Å². The Balaban J connectivity index is 2.57. The van der Waals surface area contributed by atoms with Crippen LogP contribution in [0.25, 0.3) is 0 Å². The Morgan fingerprint density at radius 3 is 3.09 bits per heavy atom. The lowest BCUT2D eigenvalue weighted by molar-refractivity contribution is 0.224. The molecule has 0 radical (unpaired) electrons. The summed E-state index contributed by atoms with van der Waals surface area (Å²) in [5.74, 6) is 0. The van der Waals surface area contributed by atoms with E-state index in [9.17, 15) is 0 Å². The summed E-state index contributed by atoms with van der Waals surface area (Å²) in [6.07, 6.45) is 5.11. The fraction of sp³-hybridized carbons (Fsp3) is 0.222. The second kappa shape index (κ2) is 3.88. The maximum Gasteiger partial charge on any atom is 0.0759 e. The van der Waals surface area contributed by atoms with E-state index in [1.807, 2.05) is 12.1 Å². The van der Waals surface area contributed by atoms with Crippen LogP contribution in [0.3, 0.4) is 0 Å².